The van der Waals surface area contributed by atoms with Crippen LogP contribution in [-0.4, -0.2) is 23.9 Å². The number of benzene rings is 1. The first kappa shape index (κ1) is 12.7. The number of amides is 1. The van der Waals surface area contributed by atoms with Crippen LogP contribution in [0.15, 0.2) is 18.2 Å². The highest BCUT2D eigenvalue weighted by atomic mass is 16.2. The molecule has 1 heterocycles. The lowest BCUT2D eigenvalue weighted by Crippen LogP contribution is -2.33. The van der Waals surface area contributed by atoms with Crippen molar-refractivity contribution >= 4 is 5.91 Å². The van der Waals surface area contributed by atoms with Gasteiger partial charge in [0.05, 0.1) is 0 Å². The van der Waals surface area contributed by atoms with Crippen LogP contribution in [0.5, 0.6) is 0 Å². The van der Waals surface area contributed by atoms with Gasteiger partial charge >= 0.3 is 0 Å². The van der Waals surface area contributed by atoms with Crippen LogP contribution in [0.3, 0.4) is 0 Å². The minimum Gasteiger partial charge on any atom is -0.338 e. The Morgan fingerprint density at radius 2 is 2.11 bits per heavy atom. The molecule has 3 nitrogen and oxygen atoms in total. The average Bonchev–Trinajstić information content (AvgIpc) is 3.11. The summed E-state index contributed by atoms with van der Waals surface area (Å²) >= 11 is 0. The molecule has 1 aromatic rings. The second-order valence-electron chi connectivity index (χ2n) is 5.78. The Labute approximate surface area is 115 Å². The van der Waals surface area contributed by atoms with E-state index in [-0.39, 0.29) is 5.91 Å². The molecule has 1 saturated carbocycles. The maximum absolute atomic E-state index is 12.6. The summed E-state index contributed by atoms with van der Waals surface area (Å²) in [7, 11) is 0. The summed E-state index contributed by atoms with van der Waals surface area (Å²) in [5, 5.41) is 3.33. The Bertz CT molecular complexity index is 480. The molecule has 102 valence electrons. The number of carbonyl (C=O) groups excluding carboxylic acids is 1. The molecule has 0 aromatic heterocycles. The molecular weight excluding hydrogens is 236 g/mol. The third kappa shape index (κ3) is 2.81. The van der Waals surface area contributed by atoms with Crippen LogP contribution < -0.4 is 5.32 Å². The fourth-order valence-corrected chi connectivity index (χ4v) is 2.77. The van der Waals surface area contributed by atoms with Crippen LogP contribution in [0.25, 0.3) is 0 Å². The molecule has 0 saturated heterocycles. The molecule has 3 rings (SSSR count). The van der Waals surface area contributed by atoms with Crippen LogP contribution in [0.2, 0.25) is 0 Å². The molecule has 0 bridgehead atoms. The van der Waals surface area contributed by atoms with Gasteiger partial charge in [0.25, 0.3) is 5.91 Å². The van der Waals surface area contributed by atoms with Gasteiger partial charge in [-0.25, -0.2) is 0 Å². The average molecular weight is 258 g/mol. The Morgan fingerprint density at radius 3 is 2.84 bits per heavy atom. The van der Waals surface area contributed by atoms with Crippen molar-refractivity contribution in [1.29, 1.82) is 0 Å². The minimum absolute atomic E-state index is 0.212. The highest BCUT2D eigenvalue weighted by molar-refractivity contribution is 5.94. The van der Waals surface area contributed by atoms with Crippen LogP contribution in [0, 0.1) is 5.92 Å². The molecule has 1 aliphatic heterocycles. The van der Waals surface area contributed by atoms with E-state index in [2.05, 4.69) is 24.4 Å². The smallest absolute Gasteiger partial charge is 0.253 e. The predicted molar refractivity (Wildman–Crippen MR) is 75.9 cm³/mol. The van der Waals surface area contributed by atoms with Gasteiger partial charge in [-0.1, -0.05) is 13.0 Å². The molecular formula is C16H22N2O. The van der Waals surface area contributed by atoms with E-state index >= 15 is 0 Å². The van der Waals surface area contributed by atoms with E-state index in [0.29, 0.717) is 0 Å². The number of hydrogen-bond acceptors (Lipinski definition) is 2. The Balaban J connectivity index is 1.76. The molecule has 19 heavy (non-hydrogen) atoms. The quantitative estimate of drug-likeness (QED) is 0.880. The SMILES string of the molecule is CCCN(CC1CC1)C(=O)c1ccc2c(c1)CNC2. The highest BCUT2D eigenvalue weighted by Crippen LogP contribution is 2.30. The summed E-state index contributed by atoms with van der Waals surface area (Å²) in [6, 6.07) is 6.17. The zero-order valence-electron chi connectivity index (χ0n) is 11.6. The van der Waals surface area contributed by atoms with Crippen LogP contribution in [0.4, 0.5) is 0 Å². The number of rotatable bonds is 5. The number of nitrogens with zero attached hydrogens (tertiary/aromatic N) is 1. The third-order valence-corrected chi connectivity index (χ3v) is 4.04. The van der Waals surface area contributed by atoms with Crippen molar-refractivity contribution in [3.8, 4) is 0 Å². The van der Waals surface area contributed by atoms with Crippen molar-refractivity contribution in [1.82, 2.24) is 10.2 Å². The third-order valence-electron chi connectivity index (χ3n) is 4.04. The van der Waals surface area contributed by atoms with Crippen LogP contribution in [-0.2, 0) is 13.1 Å². The zero-order valence-corrected chi connectivity index (χ0v) is 11.6. The van der Waals surface area contributed by atoms with E-state index in [4.69, 9.17) is 0 Å². The number of hydrogen-bond donors (Lipinski definition) is 1. The van der Waals surface area contributed by atoms with E-state index in [1.807, 2.05) is 11.0 Å². The first-order chi connectivity index (χ1) is 9.28. The van der Waals surface area contributed by atoms with Gasteiger partial charge in [0.15, 0.2) is 0 Å². The monoisotopic (exact) mass is 258 g/mol. The first-order valence-electron chi connectivity index (χ1n) is 7.39. The van der Waals surface area contributed by atoms with Crippen molar-refractivity contribution < 1.29 is 4.79 Å². The minimum atomic E-state index is 0.212. The largest absolute Gasteiger partial charge is 0.338 e. The van der Waals surface area contributed by atoms with Gasteiger partial charge in [-0.05, 0) is 48.4 Å². The number of carbonyl (C=O) groups is 1. The second-order valence-corrected chi connectivity index (χ2v) is 5.78. The molecule has 3 heteroatoms. The molecule has 2 aliphatic rings. The zero-order chi connectivity index (χ0) is 13.2. The summed E-state index contributed by atoms with van der Waals surface area (Å²) in [6.07, 6.45) is 3.62. The molecule has 0 spiro atoms. The van der Waals surface area contributed by atoms with Crippen LogP contribution in [0.1, 0.15) is 47.7 Å². The standard InChI is InChI=1S/C16H22N2O/c1-2-7-18(11-12-3-4-12)16(19)13-5-6-14-9-17-10-15(14)8-13/h5-6,8,12,17H,2-4,7,9-11H2,1H3. The maximum Gasteiger partial charge on any atom is 0.253 e. The molecule has 0 radical (unpaired) electrons. The summed E-state index contributed by atoms with van der Waals surface area (Å²) < 4.78 is 0. The van der Waals surface area contributed by atoms with Crippen molar-refractivity contribution in [2.45, 2.75) is 39.3 Å². The predicted octanol–water partition coefficient (Wildman–Crippen LogP) is 2.55. The Morgan fingerprint density at radius 1 is 1.32 bits per heavy atom. The van der Waals surface area contributed by atoms with Crippen molar-refractivity contribution in [2.24, 2.45) is 5.92 Å². The maximum atomic E-state index is 12.6. The van der Waals surface area contributed by atoms with E-state index in [9.17, 15) is 4.79 Å². The topological polar surface area (TPSA) is 32.3 Å². The van der Waals surface area contributed by atoms with Crippen molar-refractivity contribution in [2.75, 3.05) is 13.1 Å². The lowest BCUT2D eigenvalue weighted by atomic mass is 10.1. The van der Waals surface area contributed by atoms with Gasteiger partial charge < -0.3 is 10.2 Å². The summed E-state index contributed by atoms with van der Waals surface area (Å²) in [5.41, 5.74) is 3.48. The van der Waals surface area contributed by atoms with E-state index in [1.165, 1.54) is 24.0 Å². The van der Waals surface area contributed by atoms with Gasteiger partial charge in [-0.2, -0.15) is 0 Å². The van der Waals surface area contributed by atoms with E-state index in [1.54, 1.807) is 0 Å². The Kier molecular flexibility index (Phi) is 3.56. The first-order valence-corrected chi connectivity index (χ1v) is 7.39. The number of fused-ring (bicyclic) bond motifs is 1. The summed E-state index contributed by atoms with van der Waals surface area (Å²) in [6.45, 7) is 5.80. The Hall–Kier alpha value is -1.35. The number of nitrogens with one attached hydrogen (secondary N) is 1. The second kappa shape index (κ2) is 5.33. The molecule has 1 aliphatic carbocycles. The van der Waals surface area contributed by atoms with Crippen molar-refractivity contribution in [3.05, 3.63) is 34.9 Å². The van der Waals surface area contributed by atoms with E-state index < -0.39 is 0 Å². The molecule has 1 amide bonds. The summed E-state index contributed by atoms with van der Waals surface area (Å²) in [4.78, 5) is 14.6. The molecule has 1 aromatic carbocycles. The fraction of sp³-hybridized carbons (Fsp3) is 0.562. The van der Waals surface area contributed by atoms with Gasteiger partial charge in [0, 0.05) is 31.7 Å². The molecule has 1 fully saturated rings. The highest BCUT2D eigenvalue weighted by Gasteiger charge is 2.27. The fourth-order valence-electron chi connectivity index (χ4n) is 2.77. The van der Waals surface area contributed by atoms with Crippen molar-refractivity contribution in [3.63, 3.8) is 0 Å². The molecule has 1 N–H and O–H groups in total. The van der Waals surface area contributed by atoms with Gasteiger partial charge in [0.1, 0.15) is 0 Å². The molecule has 0 atom stereocenters. The van der Waals surface area contributed by atoms with Crippen LogP contribution >= 0.6 is 0 Å². The van der Waals surface area contributed by atoms with Gasteiger partial charge in [0.2, 0.25) is 0 Å². The molecule has 0 unspecified atom stereocenters. The summed E-state index contributed by atoms with van der Waals surface area (Å²) in [5.74, 6) is 0.968. The lowest BCUT2D eigenvalue weighted by Gasteiger charge is -2.22. The normalized spacial score (nSPS) is 17.3. The van der Waals surface area contributed by atoms with Gasteiger partial charge in [-0.15, -0.1) is 0 Å². The van der Waals surface area contributed by atoms with Gasteiger partial charge in [-0.3, -0.25) is 4.79 Å². The van der Waals surface area contributed by atoms with E-state index in [0.717, 1.165) is 44.1 Å². The lowest BCUT2D eigenvalue weighted by molar-refractivity contribution is 0.0747.